The van der Waals surface area contributed by atoms with E-state index < -0.39 is 0 Å². The smallest absolute Gasteiger partial charge is 0.230 e. The van der Waals surface area contributed by atoms with Gasteiger partial charge in [0, 0.05) is 5.69 Å². The largest absolute Gasteiger partial charge is 0.495 e. The lowest BCUT2D eigenvalue weighted by molar-refractivity contribution is -0.900. The van der Waals surface area contributed by atoms with Crippen LogP contribution in [0.15, 0.2) is 48.5 Å². The maximum Gasteiger partial charge on any atom is 0.230 e. The molecule has 2 aromatic carbocycles. The number of nitrogens with zero attached hydrogens (tertiary/aromatic N) is 1. The first-order valence-electron chi connectivity index (χ1n) is 8.92. The van der Waals surface area contributed by atoms with Crippen LogP contribution in [0.5, 0.6) is 5.75 Å². The summed E-state index contributed by atoms with van der Waals surface area (Å²) in [6.07, 6.45) is 0.431. The Morgan fingerprint density at radius 1 is 1.19 bits per heavy atom. The molecule has 3 rings (SSSR count). The zero-order chi connectivity index (χ0) is 18.4. The molecular formula is C20H25FN3O2+. The standard InChI is InChI=1S/C20H24FN3O2/c1-26-19-8-3-2-7-18(19)24-13-11-23(12-14-24)10-9-20(25)22-17-6-4-5-16(21)15-17/h2-8,15H,9-14H2,1H3,(H,22,25)/p+1. The van der Waals surface area contributed by atoms with E-state index in [4.69, 9.17) is 4.74 Å². The number of carbonyl (C=O) groups is 1. The highest BCUT2D eigenvalue weighted by Gasteiger charge is 2.22. The SMILES string of the molecule is COc1ccccc1N1CC[NH+](CCC(=O)Nc2cccc(F)c2)CC1. The highest BCUT2D eigenvalue weighted by molar-refractivity contribution is 5.90. The fraction of sp³-hybridized carbons (Fsp3) is 0.350. The second-order valence-corrected chi connectivity index (χ2v) is 6.47. The van der Waals surface area contributed by atoms with Gasteiger partial charge in [-0.2, -0.15) is 0 Å². The van der Waals surface area contributed by atoms with Gasteiger partial charge in [-0.05, 0) is 30.3 Å². The van der Waals surface area contributed by atoms with E-state index in [2.05, 4.69) is 16.3 Å². The van der Waals surface area contributed by atoms with Gasteiger partial charge in [-0.1, -0.05) is 18.2 Å². The van der Waals surface area contributed by atoms with Crippen molar-refractivity contribution < 1.29 is 18.8 Å². The van der Waals surface area contributed by atoms with Gasteiger partial charge in [-0.3, -0.25) is 4.79 Å². The number of ether oxygens (including phenoxy) is 1. The quantitative estimate of drug-likeness (QED) is 0.824. The highest BCUT2D eigenvalue weighted by atomic mass is 19.1. The molecule has 1 fully saturated rings. The average Bonchev–Trinajstić information content (AvgIpc) is 2.67. The summed E-state index contributed by atoms with van der Waals surface area (Å²) in [6, 6.07) is 14.0. The van der Waals surface area contributed by atoms with Gasteiger partial charge in [-0.15, -0.1) is 0 Å². The molecule has 1 heterocycles. The number of nitrogens with one attached hydrogen (secondary N) is 2. The number of carbonyl (C=O) groups excluding carboxylic acids is 1. The van der Waals surface area contributed by atoms with Crippen LogP contribution in [0.3, 0.4) is 0 Å². The number of hydrogen-bond donors (Lipinski definition) is 2. The van der Waals surface area contributed by atoms with E-state index in [9.17, 15) is 9.18 Å². The molecule has 0 spiro atoms. The van der Waals surface area contributed by atoms with Crippen molar-refractivity contribution in [1.82, 2.24) is 0 Å². The van der Waals surface area contributed by atoms with Crippen LogP contribution in [0.2, 0.25) is 0 Å². The summed E-state index contributed by atoms with van der Waals surface area (Å²) in [4.78, 5) is 15.8. The summed E-state index contributed by atoms with van der Waals surface area (Å²) < 4.78 is 18.6. The summed E-state index contributed by atoms with van der Waals surface area (Å²) in [7, 11) is 1.69. The molecule has 2 N–H and O–H groups in total. The summed E-state index contributed by atoms with van der Waals surface area (Å²) >= 11 is 0. The van der Waals surface area contributed by atoms with Gasteiger partial charge in [0.15, 0.2) is 0 Å². The average molecular weight is 358 g/mol. The molecule has 1 saturated heterocycles. The van der Waals surface area contributed by atoms with E-state index in [-0.39, 0.29) is 11.7 Å². The first-order valence-corrected chi connectivity index (χ1v) is 8.92. The van der Waals surface area contributed by atoms with E-state index in [1.165, 1.54) is 17.0 Å². The Labute approximate surface area is 153 Å². The third-order valence-electron chi connectivity index (χ3n) is 4.71. The van der Waals surface area contributed by atoms with Crippen molar-refractivity contribution >= 4 is 17.3 Å². The minimum atomic E-state index is -0.346. The number of para-hydroxylation sites is 2. The lowest BCUT2D eigenvalue weighted by Crippen LogP contribution is -3.15. The van der Waals surface area contributed by atoms with Crippen LogP contribution < -0.4 is 19.9 Å². The number of methoxy groups -OCH3 is 1. The van der Waals surface area contributed by atoms with Crippen molar-refractivity contribution in [1.29, 1.82) is 0 Å². The maximum absolute atomic E-state index is 13.2. The van der Waals surface area contributed by atoms with Gasteiger partial charge in [0.05, 0.1) is 51.9 Å². The van der Waals surface area contributed by atoms with Crippen LogP contribution in [0.25, 0.3) is 0 Å². The lowest BCUT2D eigenvalue weighted by atomic mass is 10.2. The van der Waals surface area contributed by atoms with Crippen LogP contribution in [0.1, 0.15) is 6.42 Å². The zero-order valence-electron chi connectivity index (χ0n) is 15.0. The predicted octanol–water partition coefficient (Wildman–Crippen LogP) is 1.57. The van der Waals surface area contributed by atoms with Crippen molar-refractivity contribution in [3.05, 3.63) is 54.3 Å². The number of amides is 1. The van der Waals surface area contributed by atoms with Crippen molar-refractivity contribution in [2.24, 2.45) is 0 Å². The molecule has 0 aliphatic carbocycles. The monoisotopic (exact) mass is 358 g/mol. The number of piperazine rings is 1. The number of hydrogen-bond acceptors (Lipinski definition) is 3. The van der Waals surface area contributed by atoms with Crippen molar-refractivity contribution in [2.75, 3.05) is 50.1 Å². The van der Waals surface area contributed by atoms with Gasteiger partial charge in [0.25, 0.3) is 0 Å². The Morgan fingerprint density at radius 2 is 1.96 bits per heavy atom. The van der Waals surface area contributed by atoms with E-state index in [1.807, 2.05) is 18.2 Å². The minimum Gasteiger partial charge on any atom is -0.495 e. The lowest BCUT2D eigenvalue weighted by Gasteiger charge is -2.34. The number of quaternary nitrogens is 1. The molecule has 0 saturated carbocycles. The predicted molar refractivity (Wildman–Crippen MR) is 100 cm³/mol. The normalized spacial score (nSPS) is 14.9. The molecule has 1 aliphatic rings. The van der Waals surface area contributed by atoms with Gasteiger partial charge >= 0.3 is 0 Å². The van der Waals surface area contributed by atoms with Crippen molar-refractivity contribution in [2.45, 2.75) is 6.42 Å². The Bertz CT molecular complexity index is 745. The first kappa shape index (κ1) is 18.2. The molecule has 0 radical (unpaired) electrons. The number of benzene rings is 2. The van der Waals surface area contributed by atoms with Gasteiger partial charge < -0.3 is 19.9 Å². The van der Waals surface area contributed by atoms with Crippen molar-refractivity contribution in [3.8, 4) is 5.75 Å². The van der Waals surface area contributed by atoms with Crippen LogP contribution in [-0.2, 0) is 4.79 Å². The second kappa shape index (κ2) is 8.67. The molecule has 1 amide bonds. The fourth-order valence-corrected chi connectivity index (χ4v) is 3.28. The molecular weight excluding hydrogens is 333 g/mol. The summed E-state index contributed by atoms with van der Waals surface area (Å²) in [6.45, 7) is 4.60. The van der Waals surface area contributed by atoms with E-state index in [0.717, 1.165) is 44.2 Å². The molecule has 138 valence electrons. The Morgan fingerprint density at radius 3 is 2.69 bits per heavy atom. The Kier molecular flexibility index (Phi) is 6.07. The van der Waals surface area contributed by atoms with Crippen LogP contribution in [0, 0.1) is 5.82 Å². The first-order chi connectivity index (χ1) is 12.7. The van der Waals surface area contributed by atoms with Gasteiger partial charge in [0.1, 0.15) is 11.6 Å². The molecule has 5 nitrogen and oxygen atoms in total. The molecule has 0 bridgehead atoms. The second-order valence-electron chi connectivity index (χ2n) is 6.47. The molecule has 26 heavy (non-hydrogen) atoms. The molecule has 0 atom stereocenters. The number of rotatable bonds is 6. The van der Waals surface area contributed by atoms with Gasteiger partial charge in [-0.25, -0.2) is 4.39 Å². The van der Waals surface area contributed by atoms with Crippen LogP contribution in [0.4, 0.5) is 15.8 Å². The summed E-state index contributed by atoms with van der Waals surface area (Å²) in [5.41, 5.74) is 1.63. The van der Waals surface area contributed by atoms with Gasteiger partial charge in [0.2, 0.25) is 5.91 Å². The van der Waals surface area contributed by atoms with E-state index in [1.54, 1.807) is 19.2 Å². The topological polar surface area (TPSA) is 46.0 Å². The van der Waals surface area contributed by atoms with Crippen LogP contribution in [-0.4, -0.2) is 45.7 Å². The maximum atomic E-state index is 13.2. The Hall–Kier alpha value is -2.60. The highest BCUT2D eigenvalue weighted by Crippen LogP contribution is 2.27. The molecule has 0 unspecified atom stereocenters. The van der Waals surface area contributed by atoms with E-state index in [0.29, 0.717) is 12.1 Å². The third kappa shape index (κ3) is 4.73. The Balaban J connectivity index is 1.45. The zero-order valence-corrected chi connectivity index (χ0v) is 15.0. The molecule has 6 heteroatoms. The third-order valence-corrected chi connectivity index (χ3v) is 4.71. The molecule has 2 aromatic rings. The number of anilines is 2. The van der Waals surface area contributed by atoms with Crippen molar-refractivity contribution in [3.63, 3.8) is 0 Å². The number of halogens is 1. The molecule has 0 aromatic heterocycles. The summed E-state index contributed by atoms with van der Waals surface area (Å²) in [5.74, 6) is 0.474. The molecule has 1 aliphatic heterocycles. The summed E-state index contributed by atoms with van der Waals surface area (Å²) in [5, 5.41) is 2.75. The van der Waals surface area contributed by atoms with E-state index >= 15 is 0 Å². The van der Waals surface area contributed by atoms with Crippen LogP contribution >= 0.6 is 0 Å². The fourth-order valence-electron chi connectivity index (χ4n) is 3.28. The minimum absolute atomic E-state index is 0.0738.